The highest BCUT2D eigenvalue weighted by molar-refractivity contribution is 8.00. The van der Waals surface area contributed by atoms with E-state index >= 15 is 0 Å². The topological polar surface area (TPSA) is 99.5 Å². The third kappa shape index (κ3) is 4.04. The van der Waals surface area contributed by atoms with Gasteiger partial charge in [-0.25, -0.2) is 9.18 Å². The molecule has 7 nitrogen and oxygen atoms in total. The van der Waals surface area contributed by atoms with Crippen LogP contribution >= 0.6 is 23.4 Å². The molecule has 2 aromatic carbocycles. The molecular weight excluding hydrogens is 457 g/mol. The van der Waals surface area contributed by atoms with Crippen molar-refractivity contribution < 1.29 is 23.5 Å². The van der Waals surface area contributed by atoms with Crippen molar-refractivity contribution in [1.82, 2.24) is 4.90 Å². The fraction of sp³-hybridized carbons (Fsp3) is 0.273. The quantitative estimate of drug-likeness (QED) is 0.668. The van der Waals surface area contributed by atoms with E-state index in [4.69, 9.17) is 21.6 Å². The highest BCUT2D eigenvalue weighted by Crippen LogP contribution is 2.54. The number of carbonyl (C=O) groups is 3. The monoisotopic (exact) mass is 473 g/mol. The van der Waals surface area contributed by atoms with Crippen molar-refractivity contribution in [2.75, 3.05) is 17.7 Å². The van der Waals surface area contributed by atoms with Gasteiger partial charge in [-0.15, -0.1) is 11.8 Å². The van der Waals surface area contributed by atoms with E-state index in [9.17, 15) is 18.8 Å². The molecule has 2 atom stereocenters. The number of rotatable bonds is 5. The van der Waals surface area contributed by atoms with Gasteiger partial charge in [-0.05, 0) is 42.3 Å². The molecule has 0 saturated carbocycles. The second-order valence-electron chi connectivity index (χ2n) is 7.34. The average Bonchev–Trinajstić information content (AvgIpc) is 3.32. The van der Waals surface area contributed by atoms with Crippen LogP contribution in [0.2, 0.25) is 5.02 Å². The summed E-state index contributed by atoms with van der Waals surface area (Å²) < 4.78 is 18.6. The molecule has 0 bridgehead atoms. The lowest BCUT2D eigenvalue weighted by molar-refractivity contribution is -0.155. The highest BCUT2D eigenvalue weighted by Gasteiger charge is 2.57. The largest absolute Gasteiger partial charge is 0.454 e. The normalized spacial score (nSPS) is 21.7. The highest BCUT2D eigenvalue weighted by atomic mass is 35.5. The molecule has 2 saturated heterocycles. The molecule has 2 aromatic rings. The Morgan fingerprint density at radius 1 is 1.31 bits per heavy atom. The van der Waals surface area contributed by atoms with Crippen molar-refractivity contribution >= 4 is 46.8 Å². The summed E-state index contributed by atoms with van der Waals surface area (Å²) in [7, 11) is 0. The van der Waals surface area contributed by atoms with Gasteiger partial charge in [0, 0.05) is 17.2 Å². The van der Waals surface area contributed by atoms with E-state index in [1.807, 2.05) is 6.07 Å². The minimum atomic E-state index is -0.853. The van der Waals surface area contributed by atoms with Crippen LogP contribution in [0.3, 0.4) is 0 Å². The molecular formula is C22H17ClFN3O4S. The van der Waals surface area contributed by atoms with E-state index in [2.05, 4.69) is 5.32 Å². The zero-order chi connectivity index (χ0) is 22.9. The van der Waals surface area contributed by atoms with Gasteiger partial charge in [0.25, 0.3) is 5.91 Å². The lowest BCUT2D eigenvalue weighted by atomic mass is 10.0. The number of benzene rings is 2. The van der Waals surface area contributed by atoms with Crippen LogP contribution < -0.4 is 5.32 Å². The van der Waals surface area contributed by atoms with E-state index < -0.39 is 29.4 Å². The number of thioether (sulfide) groups is 1. The van der Waals surface area contributed by atoms with Crippen LogP contribution in [0.1, 0.15) is 24.0 Å². The van der Waals surface area contributed by atoms with Crippen molar-refractivity contribution in [3.8, 4) is 6.07 Å². The van der Waals surface area contributed by atoms with Crippen molar-refractivity contribution in [3.63, 3.8) is 0 Å². The molecule has 0 spiro atoms. The summed E-state index contributed by atoms with van der Waals surface area (Å²) >= 11 is 7.34. The van der Waals surface area contributed by atoms with Crippen LogP contribution in [0.5, 0.6) is 0 Å². The van der Waals surface area contributed by atoms with E-state index in [0.29, 0.717) is 17.2 Å². The van der Waals surface area contributed by atoms with E-state index in [-0.39, 0.29) is 29.4 Å². The number of fused-ring (bicyclic) bond motifs is 1. The van der Waals surface area contributed by atoms with Gasteiger partial charge < -0.3 is 15.0 Å². The predicted octanol–water partition coefficient (Wildman–Crippen LogP) is 3.42. The molecule has 10 heteroatoms. The Bertz CT molecular complexity index is 1140. The summed E-state index contributed by atoms with van der Waals surface area (Å²) in [6.07, 6.45) is 0.762. The third-order valence-corrected chi connectivity index (χ3v) is 7.25. The van der Waals surface area contributed by atoms with E-state index in [1.54, 1.807) is 12.1 Å². The van der Waals surface area contributed by atoms with Crippen molar-refractivity contribution in [3.05, 3.63) is 64.4 Å². The Morgan fingerprint density at radius 2 is 2.06 bits per heavy atom. The maximum absolute atomic E-state index is 13.4. The van der Waals surface area contributed by atoms with Crippen LogP contribution in [-0.2, 0) is 24.0 Å². The Kier molecular flexibility index (Phi) is 6.09. The second kappa shape index (κ2) is 8.81. The van der Waals surface area contributed by atoms with Crippen molar-refractivity contribution in [1.29, 1.82) is 5.26 Å². The molecule has 0 unspecified atom stereocenters. The molecule has 1 N–H and O–H groups in total. The number of anilines is 1. The number of nitriles is 1. The Balaban J connectivity index is 1.43. The molecule has 0 radical (unpaired) electrons. The zero-order valence-electron chi connectivity index (χ0n) is 16.6. The first-order chi connectivity index (χ1) is 15.3. The number of nitrogens with zero attached hydrogens (tertiary/aromatic N) is 2. The lowest BCUT2D eigenvalue weighted by Gasteiger charge is -2.33. The summed E-state index contributed by atoms with van der Waals surface area (Å²) in [4.78, 5) is 38.4. The smallest absolute Gasteiger partial charge is 0.330 e. The van der Waals surface area contributed by atoms with Gasteiger partial charge >= 0.3 is 5.97 Å². The maximum atomic E-state index is 13.4. The average molecular weight is 474 g/mol. The van der Waals surface area contributed by atoms with Crippen LogP contribution in [0.4, 0.5) is 10.1 Å². The SMILES string of the molecule is N#Cc1ccc(Cl)cc1NC(=O)COC(=O)[C@H]1CS[C@@]2(c3ccc(F)cc3)CCC(=O)N12. The van der Waals surface area contributed by atoms with Crippen LogP contribution in [0, 0.1) is 17.1 Å². The fourth-order valence-electron chi connectivity index (χ4n) is 3.96. The fourth-order valence-corrected chi connectivity index (χ4v) is 5.77. The van der Waals surface area contributed by atoms with Gasteiger partial charge in [-0.1, -0.05) is 23.7 Å². The van der Waals surface area contributed by atoms with Gasteiger partial charge in [0.15, 0.2) is 6.61 Å². The summed E-state index contributed by atoms with van der Waals surface area (Å²) in [6.45, 7) is -0.580. The summed E-state index contributed by atoms with van der Waals surface area (Å²) in [6, 6.07) is 11.4. The predicted molar refractivity (Wildman–Crippen MR) is 116 cm³/mol. The van der Waals surface area contributed by atoms with Gasteiger partial charge in [-0.3, -0.25) is 9.59 Å². The number of nitrogens with one attached hydrogen (secondary N) is 1. The van der Waals surface area contributed by atoms with E-state index in [0.717, 1.165) is 5.56 Å². The van der Waals surface area contributed by atoms with Crippen molar-refractivity contribution in [2.24, 2.45) is 0 Å². The second-order valence-corrected chi connectivity index (χ2v) is 9.07. The molecule has 2 amide bonds. The minimum Gasteiger partial charge on any atom is -0.454 e. The number of halogens is 2. The standard InChI is InChI=1S/C22H17ClFN3O4S/c23-15-4-1-13(10-25)17(9-15)26-19(28)11-31-21(30)18-12-32-22(8-7-20(29)27(18)22)14-2-5-16(24)6-3-14/h1-6,9,18H,7-8,11-12H2,(H,26,28)/t18-,22-/m1/s1. The first-order valence-electron chi connectivity index (χ1n) is 9.72. The molecule has 2 aliphatic rings. The van der Waals surface area contributed by atoms with Gasteiger partial charge in [0.1, 0.15) is 22.8 Å². The minimum absolute atomic E-state index is 0.191. The van der Waals surface area contributed by atoms with Crippen LogP contribution in [0.15, 0.2) is 42.5 Å². The number of esters is 1. The summed E-state index contributed by atoms with van der Waals surface area (Å²) in [5.74, 6) is -1.61. The third-order valence-electron chi connectivity index (χ3n) is 5.42. The number of amides is 2. The molecule has 4 rings (SSSR count). The molecule has 0 aromatic heterocycles. The maximum Gasteiger partial charge on any atom is 0.330 e. The van der Waals surface area contributed by atoms with Crippen LogP contribution in [0.25, 0.3) is 0 Å². The molecule has 32 heavy (non-hydrogen) atoms. The van der Waals surface area contributed by atoms with Crippen molar-refractivity contribution in [2.45, 2.75) is 23.8 Å². The number of hydrogen-bond donors (Lipinski definition) is 1. The number of hydrogen-bond acceptors (Lipinski definition) is 6. The molecule has 0 aliphatic carbocycles. The van der Waals surface area contributed by atoms with E-state index in [1.165, 1.54) is 47.0 Å². The number of ether oxygens (including phenoxy) is 1. The lowest BCUT2D eigenvalue weighted by Crippen LogP contribution is -2.47. The van der Waals surface area contributed by atoms with Gasteiger partial charge in [-0.2, -0.15) is 5.26 Å². The Morgan fingerprint density at radius 3 is 2.78 bits per heavy atom. The van der Waals surface area contributed by atoms with Gasteiger partial charge in [0.05, 0.1) is 11.3 Å². The summed E-state index contributed by atoms with van der Waals surface area (Å²) in [5.41, 5.74) is 1.17. The summed E-state index contributed by atoms with van der Waals surface area (Å²) in [5, 5.41) is 12.0. The molecule has 2 heterocycles. The first kappa shape index (κ1) is 22.1. The Labute approximate surface area is 192 Å². The van der Waals surface area contributed by atoms with Crippen LogP contribution in [-0.4, -0.2) is 41.1 Å². The molecule has 164 valence electrons. The first-order valence-corrected chi connectivity index (χ1v) is 11.1. The number of carbonyl (C=O) groups excluding carboxylic acids is 3. The zero-order valence-corrected chi connectivity index (χ0v) is 18.2. The molecule has 2 aliphatic heterocycles. The molecule has 2 fully saturated rings. The van der Waals surface area contributed by atoms with Gasteiger partial charge in [0.2, 0.25) is 5.91 Å². The Hall–Kier alpha value is -3.09.